The zero-order chi connectivity index (χ0) is 19.2. The SMILES string of the molecule is COc1ccc(C(C)CC(=O)Nc2ccc(N3CCN(C)CC3)cc2)cc1. The van der Waals surface area contributed by atoms with Gasteiger partial charge in [-0.25, -0.2) is 0 Å². The number of amides is 1. The monoisotopic (exact) mass is 367 g/mol. The maximum Gasteiger partial charge on any atom is 0.224 e. The maximum atomic E-state index is 12.4. The first kappa shape index (κ1) is 19.2. The van der Waals surface area contributed by atoms with Crippen molar-refractivity contribution in [2.75, 3.05) is 50.6 Å². The summed E-state index contributed by atoms with van der Waals surface area (Å²) in [5.74, 6) is 1.02. The molecule has 27 heavy (non-hydrogen) atoms. The Hall–Kier alpha value is -2.53. The number of ether oxygens (including phenoxy) is 1. The molecule has 1 N–H and O–H groups in total. The van der Waals surface area contributed by atoms with Crippen molar-refractivity contribution in [3.05, 3.63) is 54.1 Å². The third-order valence-electron chi connectivity index (χ3n) is 5.20. The normalized spacial score (nSPS) is 16.0. The number of hydrogen-bond donors (Lipinski definition) is 1. The fourth-order valence-electron chi connectivity index (χ4n) is 3.36. The maximum absolute atomic E-state index is 12.4. The van der Waals surface area contributed by atoms with E-state index in [1.807, 2.05) is 36.4 Å². The van der Waals surface area contributed by atoms with E-state index in [0.29, 0.717) is 6.42 Å². The second-order valence-corrected chi connectivity index (χ2v) is 7.26. The molecule has 1 aliphatic heterocycles. The summed E-state index contributed by atoms with van der Waals surface area (Å²) in [7, 11) is 3.81. The number of piperazine rings is 1. The lowest BCUT2D eigenvalue weighted by molar-refractivity contribution is -0.116. The van der Waals surface area contributed by atoms with Crippen LogP contribution in [0.25, 0.3) is 0 Å². The molecule has 0 spiro atoms. The van der Waals surface area contributed by atoms with Gasteiger partial charge in [-0.15, -0.1) is 0 Å². The number of likely N-dealkylation sites (N-methyl/N-ethyl adjacent to an activating group) is 1. The molecule has 0 radical (unpaired) electrons. The van der Waals surface area contributed by atoms with Gasteiger partial charge in [0.15, 0.2) is 0 Å². The summed E-state index contributed by atoms with van der Waals surface area (Å²) in [6.45, 7) is 6.32. The van der Waals surface area contributed by atoms with Crippen molar-refractivity contribution < 1.29 is 9.53 Å². The number of rotatable bonds is 6. The van der Waals surface area contributed by atoms with E-state index in [2.05, 4.69) is 41.2 Å². The number of carbonyl (C=O) groups is 1. The Kier molecular flexibility index (Phi) is 6.35. The summed E-state index contributed by atoms with van der Waals surface area (Å²) >= 11 is 0. The number of anilines is 2. The molecule has 0 aliphatic carbocycles. The van der Waals surface area contributed by atoms with Crippen molar-refractivity contribution in [2.45, 2.75) is 19.3 Å². The van der Waals surface area contributed by atoms with Crippen LogP contribution in [-0.2, 0) is 4.79 Å². The molecule has 0 saturated carbocycles. The quantitative estimate of drug-likeness (QED) is 0.848. The van der Waals surface area contributed by atoms with Crippen LogP contribution in [0.2, 0.25) is 0 Å². The zero-order valence-electron chi connectivity index (χ0n) is 16.4. The molecule has 1 amide bonds. The van der Waals surface area contributed by atoms with Gasteiger partial charge in [-0.2, -0.15) is 0 Å². The molecule has 1 unspecified atom stereocenters. The Morgan fingerprint density at radius 1 is 1.04 bits per heavy atom. The van der Waals surface area contributed by atoms with Crippen LogP contribution in [-0.4, -0.2) is 51.1 Å². The van der Waals surface area contributed by atoms with Gasteiger partial charge in [-0.3, -0.25) is 4.79 Å². The van der Waals surface area contributed by atoms with Crippen LogP contribution in [0.5, 0.6) is 5.75 Å². The van der Waals surface area contributed by atoms with E-state index in [-0.39, 0.29) is 11.8 Å². The molecule has 5 heteroatoms. The fourth-order valence-corrected chi connectivity index (χ4v) is 3.36. The van der Waals surface area contributed by atoms with E-state index >= 15 is 0 Å². The van der Waals surface area contributed by atoms with Crippen LogP contribution >= 0.6 is 0 Å². The highest BCUT2D eigenvalue weighted by Gasteiger charge is 2.15. The first-order valence-corrected chi connectivity index (χ1v) is 9.52. The first-order chi connectivity index (χ1) is 13.0. The number of benzene rings is 2. The number of nitrogens with zero attached hydrogens (tertiary/aromatic N) is 2. The number of nitrogens with one attached hydrogen (secondary N) is 1. The second kappa shape index (κ2) is 8.91. The number of methoxy groups -OCH3 is 1. The minimum atomic E-state index is 0.0330. The van der Waals surface area contributed by atoms with Gasteiger partial charge in [0.1, 0.15) is 5.75 Å². The Balaban J connectivity index is 1.52. The van der Waals surface area contributed by atoms with Crippen LogP contribution in [0.3, 0.4) is 0 Å². The fraction of sp³-hybridized carbons (Fsp3) is 0.409. The van der Waals surface area contributed by atoms with Crippen LogP contribution in [0.4, 0.5) is 11.4 Å². The molecular weight excluding hydrogens is 338 g/mol. The molecule has 3 rings (SSSR count). The minimum Gasteiger partial charge on any atom is -0.497 e. The summed E-state index contributed by atoms with van der Waals surface area (Å²) < 4.78 is 5.18. The Morgan fingerprint density at radius 3 is 2.26 bits per heavy atom. The minimum absolute atomic E-state index is 0.0330. The largest absolute Gasteiger partial charge is 0.497 e. The highest BCUT2D eigenvalue weighted by Crippen LogP contribution is 2.23. The molecule has 0 bridgehead atoms. The van der Waals surface area contributed by atoms with Crippen molar-refractivity contribution in [3.63, 3.8) is 0 Å². The Labute approximate surface area is 161 Å². The van der Waals surface area contributed by atoms with Crippen molar-refractivity contribution in [1.29, 1.82) is 0 Å². The van der Waals surface area contributed by atoms with E-state index in [4.69, 9.17) is 4.74 Å². The van der Waals surface area contributed by atoms with Crippen LogP contribution in [0.1, 0.15) is 24.8 Å². The summed E-state index contributed by atoms with van der Waals surface area (Å²) in [6.07, 6.45) is 0.451. The Morgan fingerprint density at radius 2 is 1.67 bits per heavy atom. The molecule has 1 fully saturated rings. The van der Waals surface area contributed by atoms with Crippen LogP contribution < -0.4 is 15.0 Å². The van der Waals surface area contributed by atoms with Gasteiger partial charge < -0.3 is 19.9 Å². The molecule has 5 nitrogen and oxygen atoms in total. The molecular formula is C22H29N3O2. The lowest BCUT2D eigenvalue weighted by Gasteiger charge is -2.34. The molecule has 1 atom stereocenters. The van der Waals surface area contributed by atoms with Crippen molar-refractivity contribution in [1.82, 2.24) is 4.90 Å². The standard InChI is InChI=1S/C22H29N3O2/c1-17(18-4-10-21(27-3)11-5-18)16-22(26)23-19-6-8-20(9-7-19)25-14-12-24(2)13-15-25/h4-11,17H,12-16H2,1-3H3,(H,23,26). The smallest absolute Gasteiger partial charge is 0.224 e. The third-order valence-corrected chi connectivity index (χ3v) is 5.20. The van der Waals surface area contributed by atoms with Crippen molar-refractivity contribution >= 4 is 17.3 Å². The topological polar surface area (TPSA) is 44.8 Å². The highest BCUT2D eigenvalue weighted by atomic mass is 16.5. The van der Waals surface area contributed by atoms with Gasteiger partial charge in [-0.05, 0) is 54.9 Å². The van der Waals surface area contributed by atoms with Gasteiger partial charge in [0.2, 0.25) is 5.91 Å². The summed E-state index contributed by atoms with van der Waals surface area (Å²) in [5.41, 5.74) is 3.20. The molecule has 2 aromatic carbocycles. The molecule has 1 saturated heterocycles. The lowest BCUT2D eigenvalue weighted by atomic mass is 9.97. The van der Waals surface area contributed by atoms with E-state index in [9.17, 15) is 4.79 Å². The second-order valence-electron chi connectivity index (χ2n) is 7.26. The van der Waals surface area contributed by atoms with Crippen molar-refractivity contribution in [2.24, 2.45) is 0 Å². The van der Waals surface area contributed by atoms with Crippen molar-refractivity contribution in [3.8, 4) is 5.75 Å². The number of carbonyl (C=O) groups excluding carboxylic acids is 1. The van der Waals surface area contributed by atoms with E-state index in [1.54, 1.807) is 7.11 Å². The summed E-state index contributed by atoms with van der Waals surface area (Å²) in [4.78, 5) is 17.1. The average Bonchev–Trinajstić information content (AvgIpc) is 2.69. The van der Waals surface area contributed by atoms with Gasteiger partial charge in [0.05, 0.1) is 7.11 Å². The predicted octanol–water partition coefficient (Wildman–Crippen LogP) is 3.58. The van der Waals surface area contributed by atoms with E-state index in [0.717, 1.165) is 43.2 Å². The molecule has 1 aliphatic rings. The molecule has 0 aromatic heterocycles. The predicted molar refractivity (Wildman–Crippen MR) is 111 cm³/mol. The Bertz CT molecular complexity index is 735. The summed E-state index contributed by atoms with van der Waals surface area (Å²) in [6, 6.07) is 16.1. The van der Waals surface area contributed by atoms with Crippen LogP contribution in [0, 0.1) is 0 Å². The summed E-state index contributed by atoms with van der Waals surface area (Å²) in [5, 5.41) is 3.01. The third kappa shape index (κ3) is 5.23. The first-order valence-electron chi connectivity index (χ1n) is 9.52. The van der Waals surface area contributed by atoms with Crippen LogP contribution in [0.15, 0.2) is 48.5 Å². The highest BCUT2D eigenvalue weighted by molar-refractivity contribution is 5.91. The van der Waals surface area contributed by atoms with Gasteiger partial charge >= 0.3 is 0 Å². The van der Waals surface area contributed by atoms with E-state index in [1.165, 1.54) is 5.69 Å². The zero-order valence-corrected chi connectivity index (χ0v) is 16.4. The molecule has 2 aromatic rings. The molecule has 144 valence electrons. The van der Waals surface area contributed by atoms with Gasteiger partial charge in [-0.1, -0.05) is 19.1 Å². The average molecular weight is 367 g/mol. The lowest BCUT2D eigenvalue weighted by Crippen LogP contribution is -2.44. The van der Waals surface area contributed by atoms with Gasteiger partial charge in [0.25, 0.3) is 0 Å². The van der Waals surface area contributed by atoms with Gasteiger partial charge in [0, 0.05) is 44.0 Å². The molecule has 1 heterocycles. The van der Waals surface area contributed by atoms with E-state index < -0.39 is 0 Å². The number of hydrogen-bond acceptors (Lipinski definition) is 4.